The van der Waals surface area contributed by atoms with Crippen LogP contribution < -0.4 is 15.6 Å². The number of unbranched alkanes of at least 4 members (excludes halogenated alkanes) is 1. The Morgan fingerprint density at radius 1 is 1.22 bits per heavy atom. The summed E-state index contributed by atoms with van der Waals surface area (Å²) in [4.78, 5) is 24.0. The minimum absolute atomic E-state index is 0.0913. The third kappa shape index (κ3) is 5.06. The van der Waals surface area contributed by atoms with Crippen molar-refractivity contribution in [3.8, 4) is 5.75 Å². The maximum Gasteiger partial charge on any atom is 0.404 e. The number of fused-ring (bicyclic) bond motifs is 1. The molecule has 0 radical (unpaired) electrons. The lowest BCUT2D eigenvalue weighted by Gasteiger charge is -2.20. The molecule has 7 nitrogen and oxygen atoms in total. The second kappa shape index (κ2) is 9.82. The number of ether oxygens (including phenoxy) is 2. The third-order valence-electron chi connectivity index (χ3n) is 4.04. The molecular formula is C18H22Cl2N2O5. The molecule has 0 unspecified atom stereocenters. The van der Waals surface area contributed by atoms with E-state index >= 15 is 0 Å². The number of benzene rings is 1. The van der Waals surface area contributed by atoms with Crippen LogP contribution in [0.25, 0.3) is 10.8 Å². The van der Waals surface area contributed by atoms with Crippen LogP contribution in [0, 0.1) is 0 Å². The molecule has 148 valence electrons. The molecule has 0 spiro atoms. The predicted octanol–water partition coefficient (Wildman–Crippen LogP) is 3.90. The van der Waals surface area contributed by atoms with E-state index in [4.69, 9.17) is 37.8 Å². The fourth-order valence-electron chi connectivity index (χ4n) is 2.69. The zero-order chi connectivity index (χ0) is 20.0. The summed E-state index contributed by atoms with van der Waals surface area (Å²) in [6.07, 6.45) is 0.539. The highest BCUT2D eigenvalue weighted by molar-refractivity contribution is 6.42. The van der Waals surface area contributed by atoms with E-state index < -0.39 is 6.09 Å². The van der Waals surface area contributed by atoms with Crippen molar-refractivity contribution in [2.24, 2.45) is 0 Å². The molecule has 0 saturated heterocycles. The van der Waals surface area contributed by atoms with Crippen molar-refractivity contribution in [1.29, 1.82) is 0 Å². The molecular weight excluding hydrogens is 395 g/mol. The van der Waals surface area contributed by atoms with Crippen molar-refractivity contribution in [2.75, 3.05) is 20.3 Å². The first-order valence-corrected chi connectivity index (χ1v) is 9.29. The van der Waals surface area contributed by atoms with Gasteiger partial charge in [0.25, 0.3) is 5.56 Å². The van der Waals surface area contributed by atoms with E-state index in [1.165, 1.54) is 17.7 Å². The fraction of sp³-hybridized carbons (Fsp3) is 0.444. The van der Waals surface area contributed by atoms with Gasteiger partial charge < -0.3 is 24.5 Å². The van der Waals surface area contributed by atoms with E-state index in [1.54, 1.807) is 6.07 Å². The number of nitrogens with zero attached hydrogens (tertiary/aromatic N) is 1. The van der Waals surface area contributed by atoms with Gasteiger partial charge in [-0.1, -0.05) is 36.5 Å². The van der Waals surface area contributed by atoms with Gasteiger partial charge in [-0.15, -0.1) is 0 Å². The van der Waals surface area contributed by atoms with Gasteiger partial charge in [0, 0.05) is 19.0 Å². The van der Waals surface area contributed by atoms with Crippen LogP contribution in [0.15, 0.2) is 16.9 Å². The molecule has 1 heterocycles. The van der Waals surface area contributed by atoms with Gasteiger partial charge in [-0.3, -0.25) is 4.79 Å². The van der Waals surface area contributed by atoms with Gasteiger partial charge in [-0.25, -0.2) is 4.79 Å². The van der Waals surface area contributed by atoms with Gasteiger partial charge in [-0.05, 0) is 18.6 Å². The number of amides is 1. The van der Waals surface area contributed by atoms with Crippen molar-refractivity contribution in [2.45, 2.75) is 32.9 Å². The van der Waals surface area contributed by atoms with E-state index in [0.29, 0.717) is 28.8 Å². The molecule has 0 saturated carbocycles. The Labute approximate surface area is 166 Å². The maximum absolute atomic E-state index is 13.0. The molecule has 0 aliphatic rings. The van der Waals surface area contributed by atoms with Crippen LogP contribution in [0.3, 0.4) is 0 Å². The van der Waals surface area contributed by atoms with E-state index in [1.807, 2.05) is 6.92 Å². The number of pyridine rings is 1. The SMILES string of the molecule is CCCCOc1c(CNC(=O)O)n(CCOC)c(=O)c2cc(Cl)c(Cl)cc12. The predicted molar refractivity (Wildman–Crippen MR) is 105 cm³/mol. The Hall–Kier alpha value is -1.96. The topological polar surface area (TPSA) is 89.8 Å². The summed E-state index contributed by atoms with van der Waals surface area (Å²) in [5.74, 6) is 0.418. The van der Waals surface area contributed by atoms with Crippen molar-refractivity contribution < 1.29 is 19.4 Å². The number of nitrogens with one attached hydrogen (secondary N) is 1. The minimum Gasteiger partial charge on any atom is -0.491 e. The van der Waals surface area contributed by atoms with Gasteiger partial charge in [0.15, 0.2) is 0 Å². The fourth-order valence-corrected chi connectivity index (χ4v) is 3.02. The van der Waals surface area contributed by atoms with Gasteiger partial charge in [0.1, 0.15) is 5.75 Å². The summed E-state index contributed by atoms with van der Waals surface area (Å²) in [5, 5.41) is 12.7. The summed E-state index contributed by atoms with van der Waals surface area (Å²) in [6.45, 7) is 2.89. The summed E-state index contributed by atoms with van der Waals surface area (Å²) < 4.78 is 12.5. The molecule has 2 aromatic rings. The maximum atomic E-state index is 13.0. The van der Waals surface area contributed by atoms with Crippen LogP contribution in [0.1, 0.15) is 25.5 Å². The van der Waals surface area contributed by atoms with Gasteiger partial charge in [-0.2, -0.15) is 0 Å². The molecule has 0 aliphatic carbocycles. The number of methoxy groups -OCH3 is 1. The molecule has 9 heteroatoms. The zero-order valence-electron chi connectivity index (χ0n) is 15.2. The molecule has 0 bridgehead atoms. The number of hydrogen-bond acceptors (Lipinski definition) is 4. The van der Waals surface area contributed by atoms with Gasteiger partial charge in [0.05, 0.1) is 40.9 Å². The Balaban J connectivity index is 2.74. The molecule has 1 aromatic heterocycles. The Morgan fingerprint density at radius 2 is 1.89 bits per heavy atom. The molecule has 0 aliphatic heterocycles. The van der Waals surface area contributed by atoms with Crippen LogP contribution in [0.5, 0.6) is 5.75 Å². The van der Waals surface area contributed by atoms with E-state index in [0.717, 1.165) is 12.8 Å². The van der Waals surface area contributed by atoms with E-state index in [9.17, 15) is 9.59 Å². The Bertz CT molecular complexity index is 882. The largest absolute Gasteiger partial charge is 0.491 e. The molecule has 1 aromatic carbocycles. The Morgan fingerprint density at radius 3 is 2.48 bits per heavy atom. The number of rotatable bonds is 9. The summed E-state index contributed by atoms with van der Waals surface area (Å²) in [7, 11) is 1.52. The smallest absolute Gasteiger partial charge is 0.404 e. The van der Waals surface area contributed by atoms with Gasteiger partial charge in [0.2, 0.25) is 0 Å². The average molecular weight is 417 g/mol. The summed E-state index contributed by atoms with van der Waals surface area (Å²) in [6, 6.07) is 3.08. The van der Waals surface area contributed by atoms with Crippen LogP contribution in [0.2, 0.25) is 10.0 Å². The zero-order valence-corrected chi connectivity index (χ0v) is 16.7. The van der Waals surface area contributed by atoms with E-state index in [2.05, 4.69) is 5.32 Å². The summed E-state index contributed by atoms with van der Waals surface area (Å²) >= 11 is 12.3. The molecule has 2 rings (SSSR count). The van der Waals surface area contributed by atoms with Crippen LogP contribution in [0.4, 0.5) is 4.79 Å². The second-order valence-electron chi connectivity index (χ2n) is 5.90. The minimum atomic E-state index is -1.20. The highest BCUT2D eigenvalue weighted by Gasteiger charge is 2.20. The first-order chi connectivity index (χ1) is 12.9. The average Bonchev–Trinajstić information content (AvgIpc) is 2.63. The molecule has 2 N–H and O–H groups in total. The van der Waals surface area contributed by atoms with Crippen molar-refractivity contribution in [3.63, 3.8) is 0 Å². The van der Waals surface area contributed by atoms with E-state index in [-0.39, 0.29) is 35.3 Å². The van der Waals surface area contributed by atoms with Crippen LogP contribution in [-0.2, 0) is 17.8 Å². The first kappa shape index (κ1) is 21.3. The number of hydrogen-bond donors (Lipinski definition) is 2. The Kier molecular flexibility index (Phi) is 7.77. The quantitative estimate of drug-likeness (QED) is 0.604. The third-order valence-corrected chi connectivity index (χ3v) is 4.76. The first-order valence-electron chi connectivity index (χ1n) is 8.53. The summed E-state index contributed by atoms with van der Waals surface area (Å²) in [5.41, 5.74) is 0.104. The molecule has 0 atom stereocenters. The monoisotopic (exact) mass is 416 g/mol. The van der Waals surface area contributed by atoms with Crippen molar-refractivity contribution >= 4 is 40.1 Å². The molecule has 27 heavy (non-hydrogen) atoms. The lowest BCUT2D eigenvalue weighted by molar-refractivity contribution is 0.183. The molecule has 0 fully saturated rings. The molecule has 1 amide bonds. The number of carbonyl (C=O) groups is 1. The number of halogens is 2. The van der Waals surface area contributed by atoms with Crippen molar-refractivity contribution in [3.05, 3.63) is 38.2 Å². The normalized spacial score (nSPS) is 11.0. The van der Waals surface area contributed by atoms with Crippen LogP contribution in [-0.4, -0.2) is 36.1 Å². The lowest BCUT2D eigenvalue weighted by Crippen LogP contribution is -2.31. The van der Waals surface area contributed by atoms with Crippen molar-refractivity contribution in [1.82, 2.24) is 9.88 Å². The lowest BCUT2D eigenvalue weighted by atomic mass is 10.1. The standard InChI is InChI=1S/C18H22Cl2N2O5/c1-3-4-6-27-16-11-8-13(19)14(20)9-12(11)17(23)22(5-7-26-2)15(16)10-21-18(24)25/h8-9,21H,3-7,10H2,1-2H3,(H,24,25). The highest BCUT2D eigenvalue weighted by Crippen LogP contribution is 2.34. The van der Waals surface area contributed by atoms with Crippen LogP contribution >= 0.6 is 23.2 Å². The highest BCUT2D eigenvalue weighted by atomic mass is 35.5. The number of aromatic nitrogens is 1. The second-order valence-corrected chi connectivity index (χ2v) is 6.71. The number of carboxylic acid groups (broad SMARTS) is 1. The van der Waals surface area contributed by atoms with Gasteiger partial charge >= 0.3 is 6.09 Å².